The first-order valence-corrected chi connectivity index (χ1v) is 4.68. The van der Waals surface area contributed by atoms with Crippen molar-refractivity contribution in [1.29, 1.82) is 0 Å². The van der Waals surface area contributed by atoms with Gasteiger partial charge < -0.3 is 10.6 Å². The van der Waals surface area contributed by atoms with Crippen LogP contribution >= 0.6 is 0 Å². The molecule has 0 aliphatic rings. The maximum atomic E-state index is 11.2. The minimum atomic E-state index is 0.0175. The van der Waals surface area contributed by atoms with Crippen molar-refractivity contribution in [3.63, 3.8) is 0 Å². The van der Waals surface area contributed by atoms with Gasteiger partial charge in [-0.3, -0.25) is 4.79 Å². The smallest absolute Gasteiger partial charge is 0.234 e. The number of terminal acetylenes is 1. The highest BCUT2D eigenvalue weighted by Crippen LogP contribution is 1.94. The molecule has 0 aliphatic heterocycles. The van der Waals surface area contributed by atoms with Gasteiger partial charge in [0.15, 0.2) is 0 Å². The number of nitrogens with one attached hydrogen (secondary N) is 2. The monoisotopic (exact) mass is 182 g/mol. The molecule has 2 N–H and O–H groups in total. The lowest BCUT2D eigenvalue weighted by atomic mass is 10.1. The Morgan fingerprint density at radius 3 is 2.69 bits per heavy atom. The first kappa shape index (κ1) is 12.0. The molecule has 0 aromatic rings. The van der Waals surface area contributed by atoms with E-state index in [4.69, 9.17) is 6.42 Å². The quantitative estimate of drug-likeness (QED) is 0.588. The molecule has 0 heterocycles. The Balaban J connectivity index is 3.67. The third kappa shape index (κ3) is 6.18. The summed E-state index contributed by atoms with van der Waals surface area (Å²) in [6.45, 7) is 5.15. The number of amides is 1. The summed E-state index contributed by atoms with van der Waals surface area (Å²) in [5.74, 6) is 2.56. The summed E-state index contributed by atoms with van der Waals surface area (Å²) < 4.78 is 0. The van der Waals surface area contributed by atoms with Gasteiger partial charge in [0.25, 0.3) is 0 Å². The summed E-state index contributed by atoms with van der Waals surface area (Å²) in [6, 6.07) is 0.121. The van der Waals surface area contributed by atoms with Gasteiger partial charge in [0.2, 0.25) is 5.91 Å². The first-order chi connectivity index (χ1) is 6.24. The Morgan fingerprint density at radius 2 is 2.23 bits per heavy atom. The lowest BCUT2D eigenvalue weighted by Crippen LogP contribution is -2.39. The van der Waals surface area contributed by atoms with Gasteiger partial charge in [-0.15, -0.1) is 12.3 Å². The van der Waals surface area contributed by atoms with Crippen molar-refractivity contribution in [2.75, 3.05) is 13.1 Å². The Bertz CT molecular complexity index is 184. The van der Waals surface area contributed by atoms with Gasteiger partial charge in [-0.25, -0.2) is 0 Å². The average molecular weight is 182 g/mol. The molecular formula is C10H18N2O. The highest BCUT2D eigenvalue weighted by molar-refractivity contribution is 5.78. The van der Waals surface area contributed by atoms with Crippen molar-refractivity contribution in [3.05, 3.63) is 0 Å². The molecule has 1 atom stereocenters. The van der Waals surface area contributed by atoms with Crippen LogP contribution in [0.3, 0.4) is 0 Å². The van der Waals surface area contributed by atoms with Crippen LogP contribution in [0.5, 0.6) is 0 Å². The minimum absolute atomic E-state index is 0.0175. The Morgan fingerprint density at radius 1 is 1.54 bits per heavy atom. The van der Waals surface area contributed by atoms with Crippen molar-refractivity contribution in [3.8, 4) is 12.3 Å². The molecule has 3 heteroatoms. The van der Waals surface area contributed by atoms with Crippen LogP contribution in [0.25, 0.3) is 0 Å². The summed E-state index contributed by atoms with van der Waals surface area (Å²) >= 11 is 0. The molecule has 0 aromatic heterocycles. The molecule has 74 valence electrons. The third-order valence-corrected chi connectivity index (χ3v) is 1.76. The first-order valence-electron chi connectivity index (χ1n) is 4.68. The zero-order valence-electron chi connectivity index (χ0n) is 8.39. The Kier molecular flexibility index (Phi) is 7.04. The zero-order valence-corrected chi connectivity index (χ0v) is 8.39. The van der Waals surface area contributed by atoms with Crippen molar-refractivity contribution >= 4 is 5.91 Å². The second kappa shape index (κ2) is 7.63. The van der Waals surface area contributed by atoms with Crippen molar-refractivity contribution in [2.24, 2.45) is 0 Å². The molecule has 1 unspecified atom stereocenters. The van der Waals surface area contributed by atoms with E-state index < -0.39 is 0 Å². The van der Waals surface area contributed by atoms with Gasteiger partial charge in [-0.05, 0) is 13.0 Å². The van der Waals surface area contributed by atoms with Gasteiger partial charge >= 0.3 is 0 Å². The summed E-state index contributed by atoms with van der Waals surface area (Å²) in [5.41, 5.74) is 0. The van der Waals surface area contributed by atoms with E-state index >= 15 is 0 Å². The molecule has 3 nitrogen and oxygen atoms in total. The van der Waals surface area contributed by atoms with Crippen molar-refractivity contribution in [2.45, 2.75) is 32.7 Å². The fourth-order valence-corrected chi connectivity index (χ4v) is 0.957. The summed E-state index contributed by atoms with van der Waals surface area (Å²) in [6.07, 6.45) is 6.65. The topological polar surface area (TPSA) is 41.1 Å². The maximum Gasteiger partial charge on any atom is 0.234 e. The van der Waals surface area contributed by atoms with E-state index in [1.54, 1.807) is 0 Å². The third-order valence-electron chi connectivity index (χ3n) is 1.76. The molecule has 0 fully saturated rings. The fraction of sp³-hybridized carbons (Fsp3) is 0.700. The lowest BCUT2D eigenvalue weighted by molar-refractivity contribution is -0.120. The van der Waals surface area contributed by atoms with E-state index in [9.17, 15) is 4.79 Å². The average Bonchev–Trinajstić information content (AvgIpc) is 2.14. The number of likely N-dealkylation sites (N-methyl/N-ethyl adjacent to an activating group) is 1. The van der Waals surface area contributed by atoms with Crippen LogP contribution in [-0.4, -0.2) is 25.0 Å². The summed E-state index contributed by atoms with van der Waals surface area (Å²) in [7, 11) is 0. The standard InChI is InChI=1S/C10H18N2O/c1-4-7-9(5-2)12-10(13)8-11-6-3/h1,9,11H,5-8H2,2-3H3,(H,12,13). The summed E-state index contributed by atoms with van der Waals surface area (Å²) in [4.78, 5) is 11.2. The second-order valence-electron chi connectivity index (χ2n) is 2.86. The van der Waals surface area contributed by atoms with Gasteiger partial charge in [-0.1, -0.05) is 13.8 Å². The molecule has 13 heavy (non-hydrogen) atoms. The van der Waals surface area contributed by atoms with Crippen LogP contribution in [-0.2, 0) is 4.79 Å². The molecule has 0 saturated heterocycles. The SMILES string of the molecule is C#CCC(CC)NC(=O)CNCC. The van der Waals surface area contributed by atoms with Crippen LogP contribution in [0.2, 0.25) is 0 Å². The normalized spacial score (nSPS) is 11.8. The number of carbonyl (C=O) groups is 1. The number of hydrogen-bond donors (Lipinski definition) is 2. The molecule has 0 saturated carbocycles. The van der Waals surface area contributed by atoms with Gasteiger partial charge in [0.05, 0.1) is 6.54 Å². The maximum absolute atomic E-state index is 11.2. The minimum Gasteiger partial charge on any atom is -0.351 e. The van der Waals surface area contributed by atoms with Crippen LogP contribution in [0.1, 0.15) is 26.7 Å². The molecule has 0 spiro atoms. The number of hydrogen-bond acceptors (Lipinski definition) is 2. The zero-order chi connectivity index (χ0) is 10.1. The fourth-order valence-electron chi connectivity index (χ4n) is 0.957. The Hall–Kier alpha value is -1.01. The molecule has 1 amide bonds. The van der Waals surface area contributed by atoms with Gasteiger partial charge in [-0.2, -0.15) is 0 Å². The van der Waals surface area contributed by atoms with Crippen LogP contribution in [0.15, 0.2) is 0 Å². The molecule has 0 bridgehead atoms. The molecule has 0 rings (SSSR count). The second-order valence-corrected chi connectivity index (χ2v) is 2.86. The lowest BCUT2D eigenvalue weighted by Gasteiger charge is -2.13. The van der Waals surface area contributed by atoms with Crippen molar-refractivity contribution < 1.29 is 4.79 Å². The Labute approximate surface area is 80.3 Å². The molecule has 0 aliphatic carbocycles. The molecule has 0 aromatic carbocycles. The highest BCUT2D eigenvalue weighted by atomic mass is 16.1. The largest absolute Gasteiger partial charge is 0.351 e. The van der Waals surface area contributed by atoms with Gasteiger partial charge in [0, 0.05) is 12.5 Å². The number of rotatable bonds is 6. The van der Waals surface area contributed by atoms with Crippen molar-refractivity contribution in [1.82, 2.24) is 10.6 Å². The predicted octanol–water partition coefficient (Wildman–Crippen LogP) is 0.514. The van der Waals surface area contributed by atoms with E-state index in [1.165, 1.54) is 0 Å². The number of carbonyl (C=O) groups excluding carboxylic acids is 1. The molecule has 0 radical (unpaired) electrons. The molecular weight excluding hydrogens is 164 g/mol. The van der Waals surface area contributed by atoms with E-state index in [0.717, 1.165) is 13.0 Å². The van der Waals surface area contributed by atoms with Crippen LogP contribution in [0.4, 0.5) is 0 Å². The summed E-state index contributed by atoms with van der Waals surface area (Å²) in [5, 5.41) is 5.81. The van der Waals surface area contributed by atoms with E-state index in [0.29, 0.717) is 13.0 Å². The van der Waals surface area contributed by atoms with Gasteiger partial charge in [0.1, 0.15) is 0 Å². The van der Waals surface area contributed by atoms with Crippen LogP contribution in [0, 0.1) is 12.3 Å². The van der Waals surface area contributed by atoms with Crippen LogP contribution < -0.4 is 10.6 Å². The highest BCUT2D eigenvalue weighted by Gasteiger charge is 2.07. The predicted molar refractivity (Wildman–Crippen MR) is 54.2 cm³/mol. The van der Waals surface area contributed by atoms with E-state index in [-0.39, 0.29) is 11.9 Å². The van der Waals surface area contributed by atoms with E-state index in [1.807, 2.05) is 13.8 Å². The van der Waals surface area contributed by atoms with E-state index in [2.05, 4.69) is 16.6 Å².